The Labute approximate surface area is 108 Å². The van der Waals surface area contributed by atoms with Gasteiger partial charge in [-0.3, -0.25) is 4.79 Å². The van der Waals surface area contributed by atoms with Crippen LogP contribution in [-0.4, -0.2) is 21.8 Å². The number of carboxylic acids is 1. The van der Waals surface area contributed by atoms with E-state index in [2.05, 4.69) is 11.9 Å². The lowest BCUT2D eigenvalue weighted by atomic mass is 10.1. The fraction of sp³-hybridized carbons (Fsp3) is 0.333. The van der Waals surface area contributed by atoms with Crippen molar-refractivity contribution >= 4 is 39.3 Å². The van der Waals surface area contributed by atoms with Crippen molar-refractivity contribution < 1.29 is 9.90 Å². The number of benzene rings is 1. The zero-order valence-electron chi connectivity index (χ0n) is 9.47. The lowest BCUT2D eigenvalue weighted by Gasteiger charge is -1.95. The van der Waals surface area contributed by atoms with Crippen LogP contribution in [0.5, 0.6) is 0 Å². The molecule has 0 spiro atoms. The lowest BCUT2D eigenvalue weighted by molar-refractivity contribution is -0.136. The molecule has 5 heteroatoms. The number of thioether (sulfide) groups is 1. The van der Waals surface area contributed by atoms with E-state index in [0.717, 1.165) is 32.3 Å². The Hall–Kier alpha value is -1.07. The molecule has 2 rings (SSSR count). The Balaban J connectivity index is 2.24. The number of carboxylic acid groups (broad SMARTS) is 1. The van der Waals surface area contributed by atoms with Crippen molar-refractivity contribution in [3.05, 3.63) is 28.8 Å². The highest BCUT2D eigenvalue weighted by atomic mass is 32.2. The number of aromatic nitrogens is 1. The first-order valence-electron chi connectivity index (χ1n) is 5.37. The van der Waals surface area contributed by atoms with Gasteiger partial charge in [0.2, 0.25) is 0 Å². The van der Waals surface area contributed by atoms with Crippen molar-refractivity contribution in [3.63, 3.8) is 0 Å². The highest BCUT2D eigenvalue weighted by Crippen LogP contribution is 2.26. The third-order valence-corrected chi connectivity index (χ3v) is 4.37. The molecule has 0 unspecified atom stereocenters. The van der Waals surface area contributed by atoms with E-state index in [1.807, 2.05) is 30.0 Å². The summed E-state index contributed by atoms with van der Waals surface area (Å²) in [5, 5.41) is 9.86. The van der Waals surface area contributed by atoms with Gasteiger partial charge in [0.05, 0.1) is 16.6 Å². The first-order chi connectivity index (χ1) is 8.19. The van der Waals surface area contributed by atoms with Gasteiger partial charge in [0.1, 0.15) is 5.01 Å². The summed E-state index contributed by atoms with van der Waals surface area (Å²) in [5.74, 6) is 1.22. The zero-order valence-corrected chi connectivity index (χ0v) is 11.1. The molecule has 3 nitrogen and oxygen atoms in total. The van der Waals surface area contributed by atoms with Crippen LogP contribution in [0.25, 0.3) is 10.2 Å². The average molecular weight is 267 g/mol. The number of hydrogen-bond acceptors (Lipinski definition) is 4. The summed E-state index contributed by atoms with van der Waals surface area (Å²) in [4.78, 5) is 15.2. The average Bonchev–Trinajstić information content (AvgIpc) is 2.67. The van der Waals surface area contributed by atoms with E-state index in [4.69, 9.17) is 5.11 Å². The second-order valence-electron chi connectivity index (χ2n) is 3.62. The molecule has 0 radical (unpaired) electrons. The molecule has 0 saturated heterocycles. The second kappa shape index (κ2) is 5.51. The van der Waals surface area contributed by atoms with Gasteiger partial charge in [-0.15, -0.1) is 11.3 Å². The van der Waals surface area contributed by atoms with E-state index in [1.54, 1.807) is 11.3 Å². The Kier molecular flexibility index (Phi) is 4.02. The van der Waals surface area contributed by atoms with Crippen LogP contribution in [0.1, 0.15) is 17.5 Å². The maximum atomic E-state index is 10.6. The van der Waals surface area contributed by atoms with Gasteiger partial charge in [0.15, 0.2) is 0 Å². The molecule has 0 saturated carbocycles. The van der Waals surface area contributed by atoms with Crippen LogP contribution in [0.2, 0.25) is 0 Å². The van der Waals surface area contributed by atoms with Crippen molar-refractivity contribution in [3.8, 4) is 0 Å². The number of hydrogen-bond donors (Lipinski definition) is 1. The summed E-state index contributed by atoms with van der Waals surface area (Å²) in [6, 6.07) is 5.68. The molecule has 0 aliphatic carbocycles. The molecule has 17 heavy (non-hydrogen) atoms. The van der Waals surface area contributed by atoms with Crippen LogP contribution in [0.4, 0.5) is 0 Å². The molecule has 0 bridgehead atoms. The summed E-state index contributed by atoms with van der Waals surface area (Å²) in [6.07, 6.45) is 0.0763. The molecule has 1 heterocycles. The normalized spacial score (nSPS) is 10.9. The number of fused-ring (bicyclic) bond motifs is 1. The van der Waals surface area contributed by atoms with Crippen LogP contribution < -0.4 is 0 Å². The van der Waals surface area contributed by atoms with Gasteiger partial charge in [0, 0.05) is 5.75 Å². The molecule has 0 amide bonds. The number of nitrogens with zero attached hydrogens (tertiary/aromatic N) is 1. The maximum absolute atomic E-state index is 10.6. The molecule has 90 valence electrons. The Morgan fingerprint density at radius 2 is 2.35 bits per heavy atom. The molecule has 1 aromatic carbocycles. The molecule has 2 aromatic rings. The Morgan fingerprint density at radius 3 is 3.06 bits per heavy atom. The van der Waals surface area contributed by atoms with Crippen LogP contribution in [0.3, 0.4) is 0 Å². The lowest BCUT2D eigenvalue weighted by Crippen LogP contribution is -1.99. The van der Waals surface area contributed by atoms with Crippen LogP contribution in [0, 0.1) is 0 Å². The van der Waals surface area contributed by atoms with Crippen molar-refractivity contribution in [1.29, 1.82) is 0 Å². The van der Waals surface area contributed by atoms with Gasteiger partial charge in [-0.2, -0.15) is 11.8 Å². The summed E-state index contributed by atoms with van der Waals surface area (Å²) in [6.45, 7) is 2.13. The predicted octanol–water partition coefficient (Wildman–Crippen LogP) is 3.18. The molecule has 1 N–H and O–H groups in total. The van der Waals surface area contributed by atoms with Crippen LogP contribution in [0.15, 0.2) is 18.2 Å². The van der Waals surface area contributed by atoms with Gasteiger partial charge in [0.25, 0.3) is 0 Å². The summed E-state index contributed by atoms with van der Waals surface area (Å²) < 4.78 is 1.08. The maximum Gasteiger partial charge on any atom is 0.307 e. The number of thiazole rings is 1. The monoisotopic (exact) mass is 267 g/mol. The van der Waals surface area contributed by atoms with Crippen molar-refractivity contribution in [2.45, 2.75) is 19.1 Å². The second-order valence-corrected chi connectivity index (χ2v) is 6.01. The molecule has 0 fully saturated rings. The SMILES string of the molecule is CCSCc1nc2ccc(CC(=O)O)cc2s1. The first kappa shape index (κ1) is 12.4. The third-order valence-electron chi connectivity index (χ3n) is 2.28. The molecule has 0 aliphatic heterocycles. The zero-order chi connectivity index (χ0) is 12.3. The van der Waals surface area contributed by atoms with Crippen molar-refractivity contribution in [1.82, 2.24) is 4.98 Å². The van der Waals surface area contributed by atoms with Crippen LogP contribution >= 0.6 is 23.1 Å². The molecular formula is C12H13NO2S2. The van der Waals surface area contributed by atoms with E-state index in [9.17, 15) is 4.79 Å². The molecule has 1 aromatic heterocycles. The van der Waals surface area contributed by atoms with Gasteiger partial charge in [-0.1, -0.05) is 13.0 Å². The minimum absolute atomic E-state index is 0.0763. The van der Waals surface area contributed by atoms with E-state index in [1.165, 1.54) is 0 Å². The predicted molar refractivity (Wildman–Crippen MR) is 72.8 cm³/mol. The highest BCUT2D eigenvalue weighted by Gasteiger charge is 2.06. The Bertz CT molecular complexity index is 536. The summed E-state index contributed by atoms with van der Waals surface area (Å²) >= 11 is 3.50. The third kappa shape index (κ3) is 3.20. The Morgan fingerprint density at radius 1 is 1.53 bits per heavy atom. The highest BCUT2D eigenvalue weighted by molar-refractivity contribution is 7.98. The van der Waals surface area contributed by atoms with E-state index >= 15 is 0 Å². The largest absolute Gasteiger partial charge is 0.481 e. The van der Waals surface area contributed by atoms with E-state index in [-0.39, 0.29) is 6.42 Å². The van der Waals surface area contributed by atoms with Crippen LogP contribution in [-0.2, 0) is 17.0 Å². The summed E-state index contributed by atoms with van der Waals surface area (Å²) in [7, 11) is 0. The fourth-order valence-electron chi connectivity index (χ4n) is 1.55. The van der Waals surface area contributed by atoms with E-state index < -0.39 is 5.97 Å². The quantitative estimate of drug-likeness (QED) is 0.904. The number of carbonyl (C=O) groups is 1. The van der Waals surface area contributed by atoms with Gasteiger partial charge < -0.3 is 5.11 Å². The molecule has 0 atom stereocenters. The van der Waals surface area contributed by atoms with Gasteiger partial charge >= 0.3 is 5.97 Å². The molecular weight excluding hydrogens is 254 g/mol. The number of aliphatic carboxylic acids is 1. The molecule has 0 aliphatic rings. The van der Waals surface area contributed by atoms with Gasteiger partial charge in [-0.25, -0.2) is 4.98 Å². The van der Waals surface area contributed by atoms with E-state index in [0.29, 0.717) is 0 Å². The summed E-state index contributed by atoms with van der Waals surface area (Å²) in [5.41, 5.74) is 1.80. The smallest absolute Gasteiger partial charge is 0.307 e. The van der Waals surface area contributed by atoms with Crippen molar-refractivity contribution in [2.24, 2.45) is 0 Å². The van der Waals surface area contributed by atoms with Crippen molar-refractivity contribution in [2.75, 3.05) is 5.75 Å². The minimum atomic E-state index is -0.796. The minimum Gasteiger partial charge on any atom is -0.481 e. The fourth-order valence-corrected chi connectivity index (χ4v) is 3.31. The topological polar surface area (TPSA) is 50.2 Å². The number of rotatable bonds is 5. The van der Waals surface area contributed by atoms with Gasteiger partial charge in [-0.05, 0) is 23.4 Å². The standard InChI is InChI=1S/C12H13NO2S2/c1-2-16-7-11-13-9-4-3-8(6-12(14)15)5-10(9)17-11/h3-5H,2,6-7H2,1H3,(H,14,15). The first-order valence-corrected chi connectivity index (χ1v) is 7.34.